The van der Waals surface area contributed by atoms with Crippen LogP contribution in [0.15, 0.2) is 24.3 Å². The van der Waals surface area contributed by atoms with Gasteiger partial charge in [-0.15, -0.1) is 0 Å². The van der Waals surface area contributed by atoms with E-state index in [0.29, 0.717) is 32.6 Å². The van der Waals surface area contributed by atoms with Crippen LogP contribution in [0.4, 0.5) is 5.00 Å². The van der Waals surface area contributed by atoms with Crippen molar-refractivity contribution in [3.63, 3.8) is 0 Å². The number of hydrogen-bond acceptors (Lipinski definition) is 5. The minimum atomic E-state index is -0.748. The predicted molar refractivity (Wildman–Crippen MR) is 78.2 cm³/mol. The summed E-state index contributed by atoms with van der Waals surface area (Å²) in [5.74, 6) is -0.748. The standard InChI is InChI=1S/C14H16N2O3S/c17-13(18)14(5-7-19-8-6-14)9-15-12-10-3-1-2-4-11(10)16-20-12/h1-4,15H,5-9H2,(H,17,18). The van der Waals surface area contributed by atoms with E-state index in [-0.39, 0.29) is 0 Å². The molecule has 1 saturated heterocycles. The number of rotatable bonds is 4. The minimum Gasteiger partial charge on any atom is -0.481 e. The maximum Gasteiger partial charge on any atom is 0.311 e. The Kier molecular flexibility index (Phi) is 3.58. The van der Waals surface area contributed by atoms with E-state index in [1.54, 1.807) is 0 Å². The molecule has 1 aliphatic heterocycles. The lowest BCUT2D eigenvalue weighted by Gasteiger charge is -2.33. The molecule has 5 nitrogen and oxygen atoms in total. The molecule has 1 aromatic heterocycles. The van der Waals surface area contributed by atoms with Crippen LogP contribution in [0.1, 0.15) is 12.8 Å². The maximum absolute atomic E-state index is 11.6. The zero-order chi connectivity index (χ0) is 14.0. The SMILES string of the molecule is O=C(O)C1(CNc2snc3ccccc23)CCOCC1. The average Bonchev–Trinajstić information content (AvgIpc) is 2.89. The van der Waals surface area contributed by atoms with Gasteiger partial charge >= 0.3 is 5.97 Å². The highest BCUT2D eigenvalue weighted by Crippen LogP contribution is 2.33. The molecule has 0 spiro atoms. The van der Waals surface area contributed by atoms with Crippen molar-refractivity contribution in [2.24, 2.45) is 5.41 Å². The van der Waals surface area contributed by atoms with Crippen molar-refractivity contribution < 1.29 is 14.6 Å². The molecule has 0 unspecified atom stereocenters. The third kappa shape index (κ3) is 2.36. The number of carboxylic acid groups (broad SMARTS) is 1. The summed E-state index contributed by atoms with van der Waals surface area (Å²) in [5, 5.41) is 14.8. The van der Waals surface area contributed by atoms with Crippen molar-refractivity contribution in [1.29, 1.82) is 0 Å². The highest BCUT2D eigenvalue weighted by molar-refractivity contribution is 7.11. The van der Waals surface area contributed by atoms with Gasteiger partial charge in [0.1, 0.15) is 5.00 Å². The first-order valence-electron chi connectivity index (χ1n) is 6.61. The number of ether oxygens (including phenoxy) is 1. The first-order chi connectivity index (χ1) is 9.71. The zero-order valence-electron chi connectivity index (χ0n) is 11.0. The van der Waals surface area contributed by atoms with Gasteiger partial charge in [0.05, 0.1) is 10.9 Å². The van der Waals surface area contributed by atoms with Crippen LogP contribution in [0.3, 0.4) is 0 Å². The molecule has 106 valence electrons. The van der Waals surface area contributed by atoms with Gasteiger partial charge in [-0.05, 0) is 36.5 Å². The summed E-state index contributed by atoms with van der Waals surface area (Å²) in [5.41, 5.74) is 0.208. The summed E-state index contributed by atoms with van der Waals surface area (Å²) in [6, 6.07) is 7.86. The first kappa shape index (κ1) is 13.3. The van der Waals surface area contributed by atoms with Crippen LogP contribution in [0.25, 0.3) is 10.9 Å². The third-order valence-electron chi connectivity index (χ3n) is 3.87. The van der Waals surface area contributed by atoms with Crippen LogP contribution in [-0.4, -0.2) is 35.2 Å². The van der Waals surface area contributed by atoms with Crippen LogP contribution in [0.2, 0.25) is 0 Å². The lowest BCUT2D eigenvalue weighted by atomic mass is 9.80. The van der Waals surface area contributed by atoms with Gasteiger partial charge in [0.2, 0.25) is 0 Å². The average molecular weight is 292 g/mol. The molecule has 0 aliphatic carbocycles. The van der Waals surface area contributed by atoms with E-state index in [2.05, 4.69) is 9.69 Å². The highest BCUT2D eigenvalue weighted by atomic mass is 32.1. The van der Waals surface area contributed by atoms with Gasteiger partial charge in [-0.2, -0.15) is 4.37 Å². The number of carboxylic acids is 1. The molecule has 2 aromatic rings. The fourth-order valence-corrected chi connectivity index (χ4v) is 3.25. The van der Waals surface area contributed by atoms with Gasteiger partial charge in [-0.25, -0.2) is 0 Å². The molecule has 1 fully saturated rings. The van der Waals surface area contributed by atoms with Crippen LogP contribution < -0.4 is 5.32 Å². The van der Waals surface area contributed by atoms with Crippen LogP contribution >= 0.6 is 11.5 Å². The number of carbonyl (C=O) groups is 1. The molecular formula is C14H16N2O3S. The molecule has 0 bridgehead atoms. The van der Waals surface area contributed by atoms with Crippen molar-refractivity contribution in [2.45, 2.75) is 12.8 Å². The first-order valence-corrected chi connectivity index (χ1v) is 7.38. The van der Waals surface area contributed by atoms with E-state index in [1.807, 2.05) is 24.3 Å². The van der Waals surface area contributed by atoms with Crippen molar-refractivity contribution in [2.75, 3.05) is 25.1 Å². The number of aliphatic carboxylic acids is 1. The minimum absolute atomic E-state index is 0.415. The van der Waals surface area contributed by atoms with Crippen molar-refractivity contribution >= 4 is 33.4 Å². The van der Waals surface area contributed by atoms with Crippen LogP contribution in [0.5, 0.6) is 0 Å². The Labute approximate surface area is 120 Å². The van der Waals surface area contributed by atoms with E-state index < -0.39 is 11.4 Å². The van der Waals surface area contributed by atoms with E-state index in [1.165, 1.54) is 11.5 Å². The predicted octanol–water partition coefficient (Wildman–Crippen LogP) is 2.59. The Bertz CT molecular complexity index is 620. The molecule has 2 N–H and O–H groups in total. The number of aromatic nitrogens is 1. The Morgan fingerprint density at radius 1 is 1.40 bits per heavy atom. The molecular weight excluding hydrogens is 276 g/mol. The smallest absolute Gasteiger partial charge is 0.311 e. The molecule has 0 amide bonds. The van der Waals surface area contributed by atoms with E-state index in [9.17, 15) is 9.90 Å². The van der Waals surface area contributed by atoms with E-state index in [4.69, 9.17) is 4.74 Å². The van der Waals surface area contributed by atoms with Crippen LogP contribution in [-0.2, 0) is 9.53 Å². The quantitative estimate of drug-likeness (QED) is 0.906. The number of nitrogens with zero attached hydrogens (tertiary/aromatic N) is 1. The van der Waals surface area contributed by atoms with Gasteiger partial charge in [0.25, 0.3) is 0 Å². The van der Waals surface area contributed by atoms with Gasteiger partial charge in [0, 0.05) is 25.1 Å². The lowest BCUT2D eigenvalue weighted by Crippen LogP contribution is -2.42. The third-order valence-corrected chi connectivity index (χ3v) is 4.71. The number of hydrogen-bond donors (Lipinski definition) is 2. The van der Waals surface area contributed by atoms with E-state index in [0.717, 1.165) is 15.9 Å². The summed E-state index contributed by atoms with van der Waals surface area (Å²) >= 11 is 1.38. The molecule has 0 radical (unpaired) electrons. The second-order valence-electron chi connectivity index (χ2n) is 5.08. The van der Waals surface area contributed by atoms with Gasteiger partial charge < -0.3 is 15.2 Å². The molecule has 1 aliphatic rings. The number of nitrogens with one attached hydrogen (secondary N) is 1. The topological polar surface area (TPSA) is 71.5 Å². The molecule has 6 heteroatoms. The summed E-state index contributed by atoms with van der Waals surface area (Å²) < 4.78 is 9.64. The zero-order valence-corrected chi connectivity index (χ0v) is 11.8. The number of anilines is 1. The molecule has 3 rings (SSSR count). The largest absolute Gasteiger partial charge is 0.481 e. The molecule has 1 aromatic carbocycles. The van der Waals surface area contributed by atoms with Crippen molar-refractivity contribution in [3.8, 4) is 0 Å². The van der Waals surface area contributed by atoms with Gasteiger partial charge in [-0.1, -0.05) is 12.1 Å². The summed E-state index contributed by atoms with van der Waals surface area (Å²) in [6.45, 7) is 1.44. The fraction of sp³-hybridized carbons (Fsp3) is 0.429. The molecule has 2 heterocycles. The van der Waals surface area contributed by atoms with Gasteiger partial charge in [-0.3, -0.25) is 4.79 Å². The normalized spacial score (nSPS) is 18.0. The number of fused-ring (bicyclic) bond motifs is 1. The highest BCUT2D eigenvalue weighted by Gasteiger charge is 2.40. The Morgan fingerprint density at radius 2 is 2.15 bits per heavy atom. The Balaban J connectivity index is 1.79. The second-order valence-corrected chi connectivity index (χ2v) is 5.85. The fourth-order valence-electron chi connectivity index (χ4n) is 2.49. The second kappa shape index (κ2) is 5.38. The molecule has 0 atom stereocenters. The van der Waals surface area contributed by atoms with Crippen molar-refractivity contribution in [1.82, 2.24) is 4.37 Å². The Hall–Kier alpha value is -1.66. The molecule has 0 saturated carbocycles. The molecule has 20 heavy (non-hydrogen) atoms. The van der Waals surface area contributed by atoms with Crippen LogP contribution in [0, 0.1) is 5.41 Å². The summed E-state index contributed by atoms with van der Waals surface area (Å²) in [4.78, 5) is 11.6. The summed E-state index contributed by atoms with van der Waals surface area (Å²) in [6.07, 6.45) is 1.10. The van der Waals surface area contributed by atoms with Gasteiger partial charge in [0.15, 0.2) is 0 Å². The Morgan fingerprint density at radius 3 is 2.90 bits per heavy atom. The lowest BCUT2D eigenvalue weighted by molar-refractivity contribution is -0.153. The van der Waals surface area contributed by atoms with E-state index >= 15 is 0 Å². The summed E-state index contributed by atoms with van der Waals surface area (Å²) in [7, 11) is 0. The van der Waals surface area contributed by atoms with Crippen molar-refractivity contribution in [3.05, 3.63) is 24.3 Å². The maximum atomic E-state index is 11.6. The number of benzene rings is 1. The monoisotopic (exact) mass is 292 g/mol.